The van der Waals surface area contributed by atoms with E-state index in [-0.39, 0.29) is 16.2 Å². The number of fused-ring (bicyclic) bond motifs is 1. The average Bonchev–Trinajstić information content (AvgIpc) is 2.60. The van der Waals surface area contributed by atoms with E-state index in [2.05, 4.69) is 15.3 Å². The van der Waals surface area contributed by atoms with Crippen LogP contribution in [0.1, 0.15) is 28.9 Å². The van der Waals surface area contributed by atoms with Crippen molar-refractivity contribution in [1.82, 2.24) is 15.3 Å². The van der Waals surface area contributed by atoms with Crippen molar-refractivity contribution >= 4 is 29.0 Å². The number of aromatic nitrogens is 2. The number of carbonyl (C=O) groups excluding carboxylic acids is 1. The second-order valence-electron chi connectivity index (χ2n) is 5.75. The Morgan fingerprint density at radius 2 is 2.00 bits per heavy atom. The number of methoxy groups -OCH3 is 1. The van der Waals surface area contributed by atoms with Gasteiger partial charge in [-0.3, -0.25) is 14.6 Å². The fourth-order valence-electron chi connectivity index (χ4n) is 2.71. The summed E-state index contributed by atoms with van der Waals surface area (Å²) in [6.07, 6.45) is 0. The Morgan fingerprint density at radius 3 is 2.73 bits per heavy atom. The first-order valence-corrected chi connectivity index (χ1v) is 8.20. The largest absolute Gasteiger partial charge is 0.496 e. The number of hydrogen-bond acceptors (Lipinski definition) is 4. The highest BCUT2D eigenvalue weighted by Crippen LogP contribution is 2.26. The van der Waals surface area contributed by atoms with Gasteiger partial charge in [-0.05, 0) is 55.5 Å². The van der Waals surface area contributed by atoms with E-state index in [1.165, 1.54) is 25.3 Å². The highest BCUT2D eigenvalue weighted by atomic mass is 32.1. The highest BCUT2D eigenvalue weighted by Gasteiger charge is 2.16. The third-order valence-corrected chi connectivity index (χ3v) is 4.21. The zero-order valence-corrected chi connectivity index (χ0v) is 14.9. The molecule has 0 fully saturated rings. The van der Waals surface area contributed by atoms with Crippen molar-refractivity contribution in [2.24, 2.45) is 0 Å². The van der Waals surface area contributed by atoms with Crippen molar-refractivity contribution in [3.05, 3.63) is 68.5 Å². The molecule has 3 aromatic rings. The quantitative estimate of drug-likeness (QED) is 0.613. The number of amides is 1. The monoisotopic (exact) mass is 373 g/mol. The fraction of sp³-hybridized carbons (Fsp3) is 0.167. The topological polar surface area (TPSA) is 87.0 Å². The number of H-pyrrole nitrogens is 2. The van der Waals surface area contributed by atoms with Crippen molar-refractivity contribution in [3.8, 4) is 5.75 Å². The van der Waals surface area contributed by atoms with Crippen molar-refractivity contribution < 1.29 is 13.9 Å². The lowest BCUT2D eigenvalue weighted by Gasteiger charge is -2.17. The van der Waals surface area contributed by atoms with Gasteiger partial charge >= 0.3 is 0 Å². The molecule has 0 saturated carbocycles. The van der Waals surface area contributed by atoms with Crippen molar-refractivity contribution in [1.29, 1.82) is 0 Å². The molecule has 0 aliphatic carbocycles. The van der Waals surface area contributed by atoms with Gasteiger partial charge < -0.3 is 15.0 Å². The molecule has 8 heteroatoms. The maximum absolute atomic E-state index is 13.5. The number of hydrogen-bond donors (Lipinski definition) is 3. The van der Waals surface area contributed by atoms with Crippen LogP contribution in [0.4, 0.5) is 4.39 Å². The molecule has 1 amide bonds. The summed E-state index contributed by atoms with van der Waals surface area (Å²) in [4.78, 5) is 29.7. The van der Waals surface area contributed by atoms with Crippen LogP contribution in [0.3, 0.4) is 0 Å². The lowest BCUT2D eigenvalue weighted by atomic mass is 10.1. The molecule has 1 heterocycles. The van der Waals surface area contributed by atoms with E-state index in [0.29, 0.717) is 27.8 Å². The summed E-state index contributed by atoms with van der Waals surface area (Å²) in [5.41, 5.74) is 1.00. The van der Waals surface area contributed by atoms with E-state index >= 15 is 0 Å². The molecule has 3 rings (SSSR count). The van der Waals surface area contributed by atoms with Gasteiger partial charge in [-0.1, -0.05) is 0 Å². The molecule has 26 heavy (non-hydrogen) atoms. The van der Waals surface area contributed by atoms with E-state index in [9.17, 15) is 14.0 Å². The number of rotatable bonds is 4. The summed E-state index contributed by atoms with van der Waals surface area (Å²) >= 11 is 4.95. The average molecular weight is 373 g/mol. The van der Waals surface area contributed by atoms with Crippen molar-refractivity contribution in [3.63, 3.8) is 0 Å². The maximum atomic E-state index is 13.5. The van der Waals surface area contributed by atoms with Crippen LogP contribution in [-0.2, 0) is 0 Å². The van der Waals surface area contributed by atoms with Gasteiger partial charge in [-0.15, -0.1) is 0 Å². The molecule has 3 N–H and O–H groups in total. The molecular weight excluding hydrogens is 357 g/mol. The lowest BCUT2D eigenvalue weighted by Crippen LogP contribution is -2.27. The number of benzene rings is 2. The van der Waals surface area contributed by atoms with E-state index in [1.54, 1.807) is 25.1 Å². The molecule has 1 aromatic heterocycles. The van der Waals surface area contributed by atoms with Gasteiger partial charge in [0.25, 0.3) is 11.5 Å². The molecule has 0 aliphatic heterocycles. The summed E-state index contributed by atoms with van der Waals surface area (Å²) in [5.74, 6) is -0.307. The Morgan fingerprint density at radius 1 is 1.23 bits per heavy atom. The van der Waals surface area contributed by atoms with Crippen molar-refractivity contribution in [2.45, 2.75) is 13.0 Å². The fourth-order valence-corrected chi connectivity index (χ4v) is 2.91. The first-order chi connectivity index (χ1) is 12.4. The molecule has 134 valence electrons. The summed E-state index contributed by atoms with van der Waals surface area (Å²) in [6, 6.07) is 8.27. The summed E-state index contributed by atoms with van der Waals surface area (Å²) in [7, 11) is 1.48. The predicted molar refractivity (Wildman–Crippen MR) is 98.6 cm³/mol. The van der Waals surface area contributed by atoms with Crippen LogP contribution in [0.5, 0.6) is 5.75 Å². The third kappa shape index (κ3) is 3.50. The molecule has 1 atom stereocenters. The molecule has 0 saturated heterocycles. The molecule has 1 unspecified atom stereocenters. The van der Waals surface area contributed by atoms with Gasteiger partial charge in [-0.2, -0.15) is 0 Å². The van der Waals surface area contributed by atoms with Gasteiger partial charge in [0.15, 0.2) is 4.77 Å². The number of aromatic amines is 2. The first-order valence-electron chi connectivity index (χ1n) is 7.79. The predicted octanol–water partition coefficient (Wildman–Crippen LogP) is 3.22. The maximum Gasteiger partial charge on any atom is 0.259 e. The zero-order chi connectivity index (χ0) is 18.8. The van der Waals surface area contributed by atoms with Crippen LogP contribution < -0.4 is 15.6 Å². The zero-order valence-electron chi connectivity index (χ0n) is 14.1. The lowest BCUT2D eigenvalue weighted by molar-refractivity contribution is 0.0939. The second kappa shape index (κ2) is 7.09. The number of halogens is 1. The molecule has 2 aromatic carbocycles. The van der Waals surface area contributed by atoms with Gasteiger partial charge in [0.05, 0.1) is 24.1 Å². The Hall–Kier alpha value is -3.00. The van der Waals surface area contributed by atoms with Gasteiger partial charge in [-0.25, -0.2) is 4.39 Å². The Bertz CT molecular complexity index is 1110. The van der Waals surface area contributed by atoms with Crippen LogP contribution >= 0.6 is 12.2 Å². The molecular formula is C18H16FN3O3S. The summed E-state index contributed by atoms with van der Waals surface area (Å²) < 4.78 is 18.9. The number of ether oxygens (including phenoxy) is 1. The van der Waals surface area contributed by atoms with E-state index in [0.717, 1.165) is 0 Å². The van der Waals surface area contributed by atoms with Crippen LogP contribution in [0, 0.1) is 10.6 Å². The highest BCUT2D eigenvalue weighted by molar-refractivity contribution is 7.71. The minimum Gasteiger partial charge on any atom is -0.496 e. The van der Waals surface area contributed by atoms with E-state index < -0.39 is 11.9 Å². The van der Waals surface area contributed by atoms with Crippen molar-refractivity contribution in [2.75, 3.05) is 7.11 Å². The van der Waals surface area contributed by atoms with Gasteiger partial charge in [0.1, 0.15) is 11.6 Å². The summed E-state index contributed by atoms with van der Waals surface area (Å²) in [5, 5.41) is 3.20. The minimum atomic E-state index is -0.485. The standard InChI is InChI=1S/C18H16FN3O3S/c1-9(13-8-11(19)4-6-15(13)25-2)20-16(23)10-3-5-12-14(7-10)21-18(26)22-17(12)24/h3-9H,1-2H3,(H,20,23)(H2,21,22,24,26). The summed E-state index contributed by atoms with van der Waals surface area (Å²) in [6.45, 7) is 1.73. The Labute approximate surface area is 153 Å². The van der Waals surface area contributed by atoms with E-state index in [1.807, 2.05) is 0 Å². The Kier molecular flexibility index (Phi) is 4.85. The normalized spacial score (nSPS) is 12.0. The van der Waals surface area contributed by atoms with Crippen LogP contribution in [0.2, 0.25) is 0 Å². The Balaban J connectivity index is 1.90. The van der Waals surface area contributed by atoms with Crippen LogP contribution in [-0.4, -0.2) is 23.0 Å². The molecule has 0 spiro atoms. The molecule has 0 aliphatic rings. The number of carbonyl (C=O) groups is 1. The number of nitrogens with one attached hydrogen (secondary N) is 3. The van der Waals surface area contributed by atoms with Gasteiger partial charge in [0, 0.05) is 11.1 Å². The van der Waals surface area contributed by atoms with Gasteiger partial charge in [0.2, 0.25) is 0 Å². The first kappa shape index (κ1) is 17.8. The third-order valence-electron chi connectivity index (χ3n) is 4.01. The molecule has 0 radical (unpaired) electrons. The smallest absolute Gasteiger partial charge is 0.259 e. The minimum absolute atomic E-state index is 0.179. The molecule has 6 nitrogen and oxygen atoms in total. The SMILES string of the molecule is COc1ccc(F)cc1C(C)NC(=O)c1ccc2c(=O)[nH]c(=S)[nH]c2c1. The second-order valence-corrected chi connectivity index (χ2v) is 6.16. The molecule has 0 bridgehead atoms. The van der Waals surface area contributed by atoms with E-state index in [4.69, 9.17) is 17.0 Å². The van der Waals surface area contributed by atoms with Crippen LogP contribution in [0.25, 0.3) is 10.9 Å². The van der Waals surface area contributed by atoms with Crippen LogP contribution in [0.15, 0.2) is 41.2 Å².